The Hall–Kier alpha value is -0.200. The third-order valence-corrected chi connectivity index (χ3v) is 6.42. The molecule has 4 aliphatic rings. The van der Waals surface area contributed by atoms with E-state index < -0.39 is 0 Å². The Kier molecular flexibility index (Phi) is 4.69. The zero-order valence-electron chi connectivity index (χ0n) is 14.1. The van der Waals surface area contributed by atoms with Crippen LogP contribution < -0.4 is 16.1 Å². The molecule has 0 amide bonds. The highest BCUT2D eigenvalue weighted by atomic mass is 15.6. The van der Waals surface area contributed by atoms with Gasteiger partial charge in [0.1, 0.15) is 0 Å². The van der Waals surface area contributed by atoms with Gasteiger partial charge in [0.15, 0.2) is 0 Å². The Morgan fingerprint density at radius 3 is 2.45 bits per heavy atom. The minimum Gasteiger partial charge on any atom is -0.289 e. The van der Waals surface area contributed by atoms with Gasteiger partial charge in [0, 0.05) is 25.7 Å². The van der Waals surface area contributed by atoms with Gasteiger partial charge in [-0.25, -0.2) is 5.01 Å². The lowest BCUT2D eigenvalue weighted by Gasteiger charge is -2.42. The summed E-state index contributed by atoms with van der Waals surface area (Å²) in [7, 11) is 0. The summed E-state index contributed by atoms with van der Waals surface area (Å²) in [6.45, 7) is 8.27. The van der Waals surface area contributed by atoms with Crippen molar-refractivity contribution in [2.24, 2.45) is 17.8 Å². The summed E-state index contributed by atoms with van der Waals surface area (Å²) in [4.78, 5) is 2.67. The highest BCUT2D eigenvalue weighted by Gasteiger charge is 2.44. The first-order valence-corrected chi connectivity index (χ1v) is 9.52. The minimum atomic E-state index is 0.520. The first-order valence-electron chi connectivity index (χ1n) is 9.52. The summed E-state index contributed by atoms with van der Waals surface area (Å²) in [5.74, 6) is 2.52. The van der Waals surface area contributed by atoms with Crippen molar-refractivity contribution in [3.8, 4) is 0 Å². The van der Waals surface area contributed by atoms with Crippen LogP contribution in [-0.4, -0.2) is 55.1 Å². The van der Waals surface area contributed by atoms with Crippen LogP contribution in [0.3, 0.4) is 0 Å². The van der Waals surface area contributed by atoms with Crippen molar-refractivity contribution in [2.75, 3.05) is 32.8 Å². The normalized spacial score (nSPS) is 44.3. The number of likely N-dealkylation sites (tertiary alicyclic amines) is 1. The van der Waals surface area contributed by atoms with E-state index in [1.807, 2.05) is 0 Å². The number of fused-ring (bicyclic) bond motifs is 1. The molecule has 0 aromatic carbocycles. The van der Waals surface area contributed by atoms with Gasteiger partial charge in [-0.15, -0.1) is 0 Å². The fraction of sp³-hybridized carbons (Fsp3) is 1.00. The molecule has 0 radical (unpaired) electrons. The van der Waals surface area contributed by atoms with Crippen molar-refractivity contribution in [3.63, 3.8) is 0 Å². The molecule has 1 saturated carbocycles. The maximum absolute atomic E-state index is 3.71. The fourth-order valence-electron chi connectivity index (χ4n) is 5.02. The number of nitrogens with zero attached hydrogens (tertiary/aromatic N) is 2. The van der Waals surface area contributed by atoms with Gasteiger partial charge in [0.25, 0.3) is 0 Å². The Balaban J connectivity index is 1.35. The van der Waals surface area contributed by atoms with E-state index in [9.17, 15) is 0 Å². The van der Waals surface area contributed by atoms with E-state index >= 15 is 0 Å². The summed E-state index contributed by atoms with van der Waals surface area (Å²) in [5.41, 5.74) is 3.71. The molecule has 1 aliphatic carbocycles. The molecule has 3 saturated heterocycles. The van der Waals surface area contributed by atoms with E-state index in [2.05, 4.69) is 32.9 Å². The maximum atomic E-state index is 3.71. The zero-order valence-corrected chi connectivity index (χ0v) is 14.1. The van der Waals surface area contributed by atoms with Crippen molar-refractivity contribution in [1.82, 2.24) is 26.0 Å². The lowest BCUT2D eigenvalue weighted by molar-refractivity contribution is 0.0373. The van der Waals surface area contributed by atoms with Crippen molar-refractivity contribution in [3.05, 3.63) is 0 Å². The summed E-state index contributed by atoms with van der Waals surface area (Å²) < 4.78 is 0. The van der Waals surface area contributed by atoms with E-state index in [0.29, 0.717) is 18.2 Å². The van der Waals surface area contributed by atoms with E-state index in [1.165, 1.54) is 58.2 Å². The average Bonchev–Trinajstić information content (AvgIpc) is 3.20. The highest BCUT2D eigenvalue weighted by Crippen LogP contribution is 2.31. The molecule has 3 aliphatic heterocycles. The summed E-state index contributed by atoms with van der Waals surface area (Å²) in [5, 5.41) is 9.96. The lowest BCUT2D eigenvalue weighted by Crippen LogP contribution is -2.65. The van der Waals surface area contributed by atoms with Gasteiger partial charge < -0.3 is 0 Å². The van der Waals surface area contributed by atoms with Crippen LogP contribution in [0.1, 0.15) is 45.4 Å². The van der Waals surface area contributed by atoms with Crippen LogP contribution in [0, 0.1) is 17.8 Å². The molecule has 3 atom stereocenters. The molecule has 4 fully saturated rings. The number of hydrazine groups is 1. The van der Waals surface area contributed by atoms with Gasteiger partial charge in [-0.2, -0.15) is 0 Å². The van der Waals surface area contributed by atoms with Crippen LogP contribution in [0.25, 0.3) is 0 Å². The minimum absolute atomic E-state index is 0.520. The molecule has 0 spiro atoms. The van der Waals surface area contributed by atoms with E-state index in [0.717, 1.165) is 25.0 Å². The highest BCUT2D eigenvalue weighted by molar-refractivity contribution is 4.95. The first-order chi connectivity index (χ1) is 10.8. The largest absolute Gasteiger partial charge is 0.289 e. The van der Waals surface area contributed by atoms with Crippen LogP contribution in [0.15, 0.2) is 0 Å². The Morgan fingerprint density at radius 2 is 1.68 bits per heavy atom. The van der Waals surface area contributed by atoms with Gasteiger partial charge in [0.05, 0.1) is 12.3 Å². The molecule has 0 aromatic rings. The number of hydrogen-bond donors (Lipinski definition) is 3. The summed E-state index contributed by atoms with van der Waals surface area (Å²) in [6, 6.07) is 0. The lowest BCUT2D eigenvalue weighted by atomic mass is 9.83. The molecule has 5 heteroatoms. The van der Waals surface area contributed by atoms with E-state index in [-0.39, 0.29) is 0 Å². The molecule has 0 bridgehead atoms. The monoisotopic (exact) mass is 307 g/mol. The standard InChI is InChI=1S/C17H33N5/c1-13-4-6-14(7-5-13)11-22-17-15(10-20-22)16(18-12-19-17)21-8-2-3-9-21/h13-20H,2-12H2,1H3. The Bertz CT molecular complexity index is 362. The number of rotatable bonds is 3. The molecule has 126 valence electrons. The Labute approximate surface area is 135 Å². The molecule has 4 rings (SSSR count). The van der Waals surface area contributed by atoms with Crippen molar-refractivity contribution >= 4 is 0 Å². The summed E-state index contributed by atoms with van der Waals surface area (Å²) >= 11 is 0. The third-order valence-electron chi connectivity index (χ3n) is 6.42. The summed E-state index contributed by atoms with van der Waals surface area (Å²) in [6.07, 6.45) is 9.54. The van der Waals surface area contributed by atoms with E-state index in [4.69, 9.17) is 0 Å². The zero-order chi connectivity index (χ0) is 14.9. The predicted molar refractivity (Wildman–Crippen MR) is 88.8 cm³/mol. The smallest absolute Gasteiger partial charge is 0.0812 e. The number of hydrogen-bond acceptors (Lipinski definition) is 5. The van der Waals surface area contributed by atoms with Crippen molar-refractivity contribution in [2.45, 2.75) is 57.8 Å². The van der Waals surface area contributed by atoms with Gasteiger partial charge >= 0.3 is 0 Å². The van der Waals surface area contributed by atoms with Crippen LogP contribution >= 0.6 is 0 Å². The maximum Gasteiger partial charge on any atom is 0.0812 e. The second-order valence-electron chi connectivity index (χ2n) is 8.02. The van der Waals surface area contributed by atoms with E-state index in [1.54, 1.807) is 0 Å². The number of nitrogens with one attached hydrogen (secondary N) is 3. The molecule has 3 heterocycles. The quantitative estimate of drug-likeness (QED) is 0.730. The second-order valence-corrected chi connectivity index (χ2v) is 8.02. The molecule has 22 heavy (non-hydrogen) atoms. The SMILES string of the molecule is CC1CCC(CN2NCC3C(N4CCCC4)NCNC32)CC1. The molecule has 3 N–H and O–H groups in total. The van der Waals surface area contributed by atoms with Crippen LogP contribution in [0.2, 0.25) is 0 Å². The van der Waals surface area contributed by atoms with Crippen molar-refractivity contribution < 1.29 is 0 Å². The second kappa shape index (κ2) is 6.73. The third kappa shape index (κ3) is 3.06. The average molecular weight is 307 g/mol. The first kappa shape index (κ1) is 15.3. The van der Waals surface area contributed by atoms with Crippen LogP contribution in [-0.2, 0) is 0 Å². The fourth-order valence-corrected chi connectivity index (χ4v) is 5.02. The van der Waals surface area contributed by atoms with Gasteiger partial charge in [-0.05, 0) is 50.6 Å². The predicted octanol–water partition coefficient (Wildman–Crippen LogP) is 1.15. The molecular weight excluding hydrogens is 274 g/mol. The van der Waals surface area contributed by atoms with Crippen LogP contribution in [0.5, 0.6) is 0 Å². The molecular formula is C17H33N5. The van der Waals surface area contributed by atoms with Crippen LogP contribution in [0.4, 0.5) is 0 Å². The molecule has 0 aromatic heterocycles. The van der Waals surface area contributed by atoms with Gasteiger partial charge in [-0.1, -0.05) is 19.8 Å². The van der Waals surface area contributed by atoms with Gasteiger partial charge in [0.2, 0.25) is 0 Å². The molecule has 5 nitrogen and oxygen atoms in total. The van der Waals surface area contributed by atoms with Gasteiger partial charge in [-0.3, -0.25) is 21.0 Å². The Morgan fingerprint density at radius 1 is 0.955 bits per heavy atom. The topological polar surface area (TPSA) is 42.6 Å². The van der Waals surface area contributed by atoms with Crippen molar-refractivity contribution in [1.29, 1.82) is 0 Å². The molecule has 3 unspecified atom stereocenters.